The molecule has 6 amide bonds. The number of carboxylic acids is 1. The van der Waals surface area contributed by atoms with Crippen LogP contribution < -0.4 is 38.1 Å². The number of imidazole rings is 1. The zero-order chi connectivity index (χ0) is 44.5. The number of guanidine groups is 1. The maximum absolute atomic E-state index is 14.3. The van der Waals surface area contributed by atoms with Crippen LogP contribution in [0.25, 0.3) is 0 Å². The van der Waals surface area contributed by atoms with Crippen LogP contribution in [0.4, 0.5) is 0 Å². The molecule has 1 aliphatic heterocycles. The largest absolute Gasteiger partial charge is 0.508 e. The van der Waals surface area contributed by atoms with Crippen molar-refractivity contribution >= 4 is 47.4 Å². The van der Waals surface area contributed by atoms with Crippen LogP contribution in [0.5, 0.6) is 5.75 Å². The molecular formula is C39H59N11O10. The van der Waals surface area contributed by atoms with Crippen LogP contribution in [0.1, 0.15) is 71.1 Å². The summed E-state index contributed by atoms with van der Waals surface area (Å²) in [5, 5.41) is 42.2. The van der Waals surface area contributed by atoms with Gasteiger partial charge in [0.05, 0.1) is 6.33 Å². The Morgan fingerprint density at radius 3 is 2.10 bits per heavy atom. The van der Waals surface area contributed by atoms with Crippen molar-refractivity contribution in [1.29, 1.82) is 0 Å². The van der Waals surface area contributed by atoms with Gasteiger partial charge in [-0.2, -0.15) is 0 Å². The molecule has 21 nitrogen and oxygen atoms in total. The third-order valence-corrected chi connectivity index (χ3v) is 10.2. The number of aromatic amines is 1. The molecule has 0 bridgehead atoms. The van der Waals surface area contributed by atoms with Crippen LogP contribution >= 0.6 is 0 Å². The van der Waals surface area contributed by atoms with Crippen LogP contribution in [0, 0.1) is 11.8 Å². The van der Waals surface area contributed by atoms with Gasteiger partial charge in [-0.05, 0) is 55.2 Å². The number of H-pyrrole nitrogens is 1. The number of aliphatic hydroxyl groups excluding tert-OH is 1. The first-order valence-electron chi connectivity index (χ1n) is 19.9. The number of hydrogen-bond donors (Lipinski definition) is 11. The quantitative estimate of drug-likeness (QED) is 0.0333. The van der Waals surface area contributed by atoms with E-state index in [1.165, 1.54) is 29.6 Å². The lowest BCUT2D eigenvalue weighted by Crippen LogP contribution is -2.61. The van der Waals surface area contributed by atoms with Crippen molar-refractivity contribution < 1.29 is 48.9 Å². The van der Waals surface area contributed by atoms with Gasteiger partial charge in [-0.15, -0.1) is 0 Å². The van der Waals surface area contributed by atoms with Gasteiger partial charge in [0.2, 0.25) is 35.4 Å². The minimum atomic E-state index is -1.34. The molecule has 60 heavy (non-hydrogen) atoms. The lowest BCUT2D eigenvalue weighted by Gasteiger charge is -2.31. The molecule has 330 valence electrons. The van der Waals surface area contributed by atoms with Crippen LogP contribution in [-0.2, 0) is 46.4 Å². The first kappa shape index (κ1) is 48.1. The van der Waals surface area contributed by atoms with E-state index in [9.17, 15) is 48.9 Å². The highest BCUT2D eigenvalue weighted by Gasteiger charge is 2.40. The Labute approximate surface area is 347 Å². The van der Waals surface area contributed by atoms with Gasteiger partial charge in [-0.25, -0.2) is 9.78 Å². The zero-order valence-electron chi connectivity index (χ0n) is 34.3. The van der Waals surface area contributed by atoms with Crippen LogP contribution in [0.3, 0.4) is 0 Å². The Morgan fingerprint density at radius 1 is 0.883 bits per heavy atom. The number of aliphatic carboxylic acids is 1. The van der Waals surface area contributed by atoms with Crippen molar-refractivity contribution in [3.05, 3.63) is 48.0 Å². The number of rotatable bonds is 23. The van der Waals surface area contributed by atoms with Crippen molar-refractivity contribution in [1.82, 2.24) is 41.5 Å². The van der Waals surface area contributed by atoms with Crippen molar-refractivity contribution in [2.75, 3.05) is 19.7 Å². The number of phenolic OH excluding ortho intramolecular Hbond substituents is 1. The summed E-state index contributed by atoms with van der Waals surface area (Å²) in [6.45, 7) is 6.28. The number of carbonyl (C=O) groups is 7. The average molecular weight is 842 g/mol. The number of aromatic nitrogens is 2. The van der Waals surface area contributed by atoms with Gasteiger partial charge in [0.1, 0.15) is 48.6 Å². The second-order valence-electron chi connectivity index (χ2n) is 15.1. The van der Waals surface area contributed by atoms with E-state index in [0.717, 1.165) is 0 Å². The smallest absolute Gasteiger partial charge is 0.326 e. The maximum Gasteiger partial charge on any atom is 0.326 e. The Kier molecular flexibility index (Phi) is 18.7. The number of nitrogens with one attached hydrogen (secondary N) is 6. The SMILES string of the molecule is CC[C@H](C)[C@H](NC(=O)[C@H](Cc1ccc(O)cc1)NC(=O)[C@@H](NC(=O)[C@H](CCCN=C(N)N)NC(=O)CO)C(C)C)C(=O)N[C@@H](Cc1cnc[nH]1)C(=O)N1CCC[C@H]1C(=O)O. The Hall–Kier alpha value is -6.25. The number of aliphatic hydroxyl groups is 1. The number of carboxylic acid groups (broad SMARTS) is 1. The molecule has 1 saturated heterocycles. The third-order valence-electron chi connectivity index (χ3n) is 10.2. The molecule has 0 spiro atoms. The highest BCUT2D eigenvalue weighted by molar-refractivity contribution is 5.97. The van der Waals surface area contributed by atoms with Crippen LogP contribution in [0.15, 0.2) is 41.8 Å². The molecule has 1 aromatic carbocycles. The molecule has 13 N–H and O–H groups in total. The van der Waals surface area contributed by atoms with E-state index in [1.54, 1.807) is 39.8 Å². The summed E-state index contributed by atoms with van der Waals surface area (Å²) in [6.07, 6.45) is 4.17. The number of phenols is 1. The predicted molar refractivity (Wildman–Crippen MR) is 217 cm³/mol. The monoisotopic (exact) mass is 841 g/mol. The first-order chi connectivity index (χ1) is 28.4. The Bertz CT molecular complexity index is 1800. The van der Waals surface area contributed by atoms with Crippen LogP contribution in [0.2, 0.25) is 0 Å². The van der Waals surface area contributed by atoms with Gasteiger partial charge in [0, 0.05) is 37.8 Å². The van der Waals surface area contributed by atoms with Gasteiger partial charge >= 0.3 is 5.97 Å². The van der Waals surface area contributed by atoms with Gasteiger partial charge in [0.25, 0.3) is 0 Å². The molecule has 0 saturated carbocycles. The van der Waals surface area contributed by atoms with E-state index in [4.69, 9.17) is 11.5 Å². The van der Waals surface area contributed by atoms with Gasteiger partial charge in [-0.3, -0.25) is 33.8 Å². The number of aromatic hydroxyl groups is 1. The molecule has 0 unspecified atom stereocenters. The molecular weight excluding hydrogens is 782 g/mol. The van der Waals surface area contributed by atoms with E-state index in [1.807, 2.05) is 0 Å². The maximum atomic E-state index is 14.3. The molecule has 7 atom stereocenters. The number of hydrogen-bond acceptors (Lipinski definition) is 11. The fraction of sp³-hybridized carbons (Fsp3) is 0.564. The molecule has 2 heterocycles. The molecule has 1 aromatic heterocycles. The summed E-state index contributed by atoms with van der Waals surface area (Å²) in [5.74, 6) is -6.84. The summed E-state index contributed by atoms with van der Waals surface area (Å²) >= 11 is 0. The molecule has 1 aliphatic rings. The minimum Gasteiger partial charge on any atom is -0.508 e. The number of nitrogens with two attached hydrogens (primary N) is 2. The van der Waals surface area contributed by atoms with Crippen molar-refractivity contribution in [3.8, 4) is 5.75 Å². The minimum absolute atomic E-state index is 0.0381. The summed E-state index contributed by atoms with van der Waals surface area (Å²) in [6, 6.07) is -1.37. The van der Waals surface area contributed by atoms with E-state index < -0.39 is 96.1 Å². The molecule has 0 radical (unpaired) electrons. The van der Waals surface area contributed by atoms with Crippen LogP contribution in [-0.4, -0.2) is 134 Å². The fourth-order valence-corrected chi connectivity index (χ4v) is 6.66. The number of nitrogens with zero attached hydrogens (tertiary/aromatic N) is 3. The summed E-state index contributed by atoms with van der Waals surface area (Å²) in [5.41, 5.74) is 11.8. The third kappa shape index (κ3) is 14.5. The average Bonchev–Trinajstić information content (AvgIpc) is 3.92. The second kappa shape index (κ2) is 23.4. The van der Waals surface area contributed by atoms with E-state index in [2.05, 4.69) is 41.5 Å². The second-order valence-corrected chi connectivity index (χ2v) is 15.1. The summed E-state index contributed by atoms with van der Waals surface area (Å²) in [4.78, 5) is 106. The van der Waals surface area contributed by atoms with Crippen molar-refractivity contribution in [2.24, 2.45) is 28.3 Å². The van der Waals surface area contributed by atoms with E-state index >= 15 is 0 Å². The highest BCUT2D eigenvalue weighted by atomic mass is 16.4. The van der Waals surface area contributed by atoms with E-state index in [-0.39, 0.29) is 56.9 Å². The Morgan fingerprint density at radius 2 is 1.52 bits per heavy atom. The zero-order valence-corrected chi connectivity index (χ0v) is 34.3. The lowest BCUT2D eigenvalue weighted by atomic mass is 9.96. The van der Waals surface area contributed by atoms with Crippen molar-refractivity contribution in [2.45, 2.75) is 109 Å². The molecule has 1 fully saturated rings. The number of amides is 6. The number of benzene rings is 1. The summed E-state index contributed by atoms with van der Waals surface area (Å²) in [7, 11) is 0. The topological polar surface area (TPSA) is 337 Å². The first-order valence-corrected chi connectivity index (χ1v) is 19.9. The van der Waals surface area contributed by atoms with Gasteiger partial charge in [0.15, 0.2) is 5.96 Å². The number of carbonyl (C=O) groups excluding carboxylic acids is 6. The normalized spacial score (nSPS) is 16.6. The Balaban J connectivity index is 1.89. The van der Waals surface area contributed by atoms with E-state index in [0.29, 0.717) is 24.1 Å². The molecule has 2 aromatic rings. The number of likely N-dealkylation sites (tertiary alicyclic amines) is 1. The van der Waals surface area contributed by atoms with Crippen molar-refractivity contribution in [3.63, 3.8) is 0 Å². The highest BCUT2D eigenvalue weighted by Crippen LogP contribution is 2.20. The molecule has 0 aliphatic carbocycles. The molecule has 21 heteroatoms. The molecule has 3 rings (SSSR count). The standard InChI is InChI=1S/C39H59N11O10/c1-5-22(4)32(36(57)47-28(17-24-18-42-20-44-24)37(58)50-15-7-9-29(50)38(59)60)49-34(55)27(16-23-10-12-25(52)13-11-23)46-35(56)31(21(2)3)48-33(54)26(45-30(53)19-51)8-6-14-43-39(40)41/h10-13,18,20-22,26-29,31-32,51-52H,5-9,14-17,19H2,1-4H3,(H,42,44)(H,45,53)(H,46,56)(H,47,57)(H,48,54)(H,49,55)(H,59,60)(H4,40,41,43)/t22-,26-,27-,28-,29-,31-,32-/m0/s1. The fourth-order valence-electron chi connectivity index (χ4n) is 6.66. The van der Waals surface area contributed by atoms with Gasteiger partial charge in [-0.1, -0.05) is 46.2 Å². The number of aliphatic imine (C=N–C) groups is 1. The summed E-state index contributed by atoms with van der Waals surface area (Å²) < 4.78 is 0. The predicted octanol–water partition coefficient (Wildman–Crippen LogP) is -1.85. The lowest BCUT2D eigenvalue weighted by molar-refractivity contribution is -0.149. The van der Waals surface area contributed by atoms with Gasteiger partial charge < -0.3 is 63.3 Å².